The van der Waals surface area contributed by atoms with E-state index in [1.165, 1.54) is 0 Å². The zero-order chi connectivity index (χ0) is 15.4. The zero-order valence-corrected chi connectivity index (χ0v) is 11.0. The van der Waals surface area contributed by atoms with E-state index < -0.39 is 33.6 Å². The number of nitrogens with two attached hydrogens (primary N) is 1. The molecule has 1 fully saturated rings. The molecule has 3 N–H and O–H groups in total. The van der Waals surface area contributed by atoms with E-state index >= 15 is 0 Å². The predicted octanol–water partition coefficient (Wildman–Crippen LogP) is 0.461. The van der Waals surface area contributed by atoms with Gasteiger partial charge < -0.3 is 20.5 Å². The van der Waals surface area contributed by atoms with Crippen LogP contribution < -0.4 is 11.1 Å². The summed E-state index contributed by atoms with van der Waals surface area (Å²) >= 11 is 0. The summed E-state index contributed by atoms with van der Waals surface area (Å²) < 4.78 is 24.2. The highest BCUT2D eigenvalue weighted by Crippen LogP contribution is 2.27. The Morgan fingerprint density at radius 1 is 1.52 bits per heavy atom. The molecule has 0 aliphatic carbocycles. The van der Waals surface area contributed by atoms with Gasteiger partial charge in [-0.1, -0.05) is 0 Å². The lowest BCUT2D eigenvalue weighted by Crippen LogP contribution is -2.40. The molecule has 9 heteroatoms. The van der Waals surface area contributed by atoms with Gasteiger partial charge >= 0.3 is 0 Å². The first-order valence-electron chi connectivity index (χ1n) is 6.20. The lowest BCUT2D eigenvalue weighted by Gasteiger charge is -2.23. The number of nitro groups is 1. The number of carbonyl (C=O) groups excluding carboxylic acids is 1. The second-order valence-electron chi connectivity index (χ2n) is 4.39. The fraction of sp³-hybridized carbons (Fsp3) is 0.417. The Labute approximate surface area is 119 Å². The van der Waals surface area contributed by atoms with Crippen LogP contribution in [0.15, 0.2) is 12.1 Å². The van der Waals surface area contributed by atoms with Crippen LogP contribution in [0.1, 0.15) is 10.4 Å². The van der Waals surface area contributed by atoms with Crippen molar-refractivity contribution in [3.8, 4) is 0 Å². The van der Waals surface area contributed by atoms with Crippen molar-refractivity contribution in [2.75, 3.05) is 32.1 Å². The maximum absolute atomic E-state index is 13.7. The number of hydrogen-bond donors (Lipinski definition) is 2. The average molecular weight is 299 g/mol. The van der Waals surface area contributed by atoms with Gasteiger partial charge in [-0.3, -0.25) is 14.9 Å². The summed E-state index contributed by atoms with van der Waals surface area (Å²) in [6.45, 7) is 1.30. The van der Waals surface area contributed by atoms with Crippen LogP contribution in [0.25, 0.3) is 0 Å². The first kappa shape index (κ1) is 15.1. The molecule has 1 heterocycles. The SMILES string of the molecule is Nc1c([N+](=O)[O-])ccc(F)c1C(=O)NCC1COCCO1. The minimum atomic E-state index is -0.920. The minimum absolute atomic E-state index is 0.0976. The van der Waals surface area contributed by atoms with Crippen LogP contribution >= 0.6 is 0 Å². The molecule has 1 aliphatic heterocycles. The summed E-state index contributed by atoms with van der Waals surface area (Å²) in [5.41, 5.74) is 3.94. The first-order valence-corrected chi connectivity index (χ1v) is 6.20. The molecule has 1 unspecified atom stereocenters. The summed E-state index contributed by atoms with van der Waals surface area (Å²) in [6, 6.07) is 1.75. The van der Waals surface area contributed by atoms with E-state index in [2.05, 4.69) is 5.32 Å². The van der Waals surface area contributed by atoms with Gasteiger partial charge in [0.2, 0.25) is 0 Å². The second kappa shape index (κ2) is 6.46. The Bertz CT molecular complexity index is 560. The van der Waals surface area contributed by atoms with Crippen molar-refractivity contribution >= 4 is 17.3 Å². The van der Waals surface area contributed by atoms with Gasteiger partial charge in [0.25, 0.3) is 11.6 Å². The van der Waals surface area contributed by atoms with E-state index in [-0.39, 0.29) is 12.6 Å². The van der Waals surface area contributed by atoms with Crippen molar-refractivity contribution < 1.29 is 23.6 Å². The molecule has 21 heavy (non-hydrogen) atoms. The molecule has 1 aromatic carbocycles. The van der Waals surface area contributed by atoms with Crippen molar-refractivity contribution in [3.05, 3.63) is 33.6 Å². The van der Waals surface area contributed by atoms with Crippen LogP contribution in [0, 0.1) is 15.9 Å². The highest BCUT2D eigenvalue weighted by atomic mass is 19.1. The summed E-state index contributed by atoms with van der Waals surface area (Å²) in [4.78, 5) is 21.9. The number of nitrogens with zero attached hydrogens (tertiary/aromatic N) is 1. The number of amides is 1. The normalized spacial score (nSPS) is 18.2. The number of rotatable bonds is 4. The van der Waals surface area contributed by atoms with E-state index in [1.807, 2.05) is 0 Å². The van der Waals surface area contributed by atoms with Gasteiger partial charge in [-0.2, -0.15) is 0 Å². The number of ether oxygens (including phenoxy) is 2. The van der Waals surface area contributed by atoms with Gasteiger partial charge in [0.1, 0.15) is 17.1 Å². The largest absolute Gasteiger partial charge is 0.392 e. The maximum atomic E-state index is 13.7. The van der Waals surface area contributed by atoms with Crippen molar-refractivity contribution in [1.82, 2.24) is 5.32 Å². The van der Waals surface area contributed by atoms with Crippen molar-refractivity contribution in [3.63, 3.8) is 0 Å². The Morgan fingerprint density at radius 2 is 2.29 bits per heavy atom. The molecule has 1 aliphatic rings. The standard InChI is InChI=1S/C12H14FN3O5/c13-8-1-2-9(16(18)19)11(14)10(8)12(17)15-5-7-6-20-3-4-21-7/h1-2,7H,3-6,14H2,(H,15,17). The first-order chi connectivity index (χ1) is 10.0. The zero-order valence-electron chi connectivity index (χ0n) is 11.0. The fourth-order valence-electron chi connectivity index (χ4n) is 1.92. The lowest BCUT2D eigenvalue weighted by molar-refractivity contribution is -0.384. The summed E-state index contributed by atoms with van der Waals surface area (Å²) in [6.07, 6.45) is -0.342. The van der Waals surface area contributed by atoms with Gasteiger partial charge in [-0.05, 0) is 6.07 Å². The van der Waals surface area contributed by atoms with Crippen molar-refractivity contribution in [1.29, 1.82) is 0 Å². The Hall–Kier alpha value is -2.26. The molecule has 0 bridgehead atoms. The van der Waals surface area contributed by atoms with Crippen LogP contribution in [0.5, 0.6) is 0 Å². The molecule has 1 atom stereocenters. The van der Waals surface area contributed by atoms with E-state index in [9.17, 15) is 19.3 Å². The minimum Gasteiger partial charge on any atom is -0.392 e. The topological polar surface area (TPSA) is 117 Å². The quantitative estimate of drug-likeness (QED) is 0.474. The van der Waals surface area contributed by atoms with Crippen LogP contribution in [-0.2, 0) is 9.47 Å². The fourth-order valence-corrected chi connectivity index (χ4v) is 1.92. The van der Waals surface area contributed by atoms with E-state index in [0.29, 0.717) is 19.8 Å². The van der Waals surface area contributed by atoms with Crippen LogP contribution in [0.2, 0.25) is 0 Å². The van der Waals surface area contributed by atoms with Gasteiger partial charge in [-0.15, -0.1) is 0 Å². The highest BCUT2D eigenvalue weighted by Gasteiger charge is 2.24. The molecule has 2 rings (SSSR count). The number of carbonyl (C=O) groups is 1. The maximum Gasteiger partial charge on any atom is 0.293 e. The number of nitro benzene ring substituents is 1. The molecule has 1 aromatic rings. The summed E-state index contributed by atoms with van der Waals surface area (Å²) in [5.74, 6) is -1.75. The average Bonchev–Trinajstić information content (AvgIpc) is 2.46. The number of anilines is 1. The molecular weight excluding hydrogens is 285 g/mol. The molecule has 1 amide bonds. The smallest absolute Gasteiger partial charge is 0.293 e. The molecule has 8 nitrogen and oxygen atoms in total. The van der Waals surface area contributed by atoms with Gasteiger partial charge in [0, 0.05) is 12.6 Å². The van der Waals surface area contributed by atoms with Crippen molar-refractivity contribution in [2.45, 2.75) is 6.10 Å². The number of nitrogens with one attached hydrogen (secondary N) is 1. The number of hydrogen-bond acceptors (Lipinski definition) is 6. The van der Waals surface area contributed by atoms with E-state index in [1.54, 1.807) is 0 Å². The number of benzene rings is 1. The molecule has 0 aromatic heterocycles. The van der Waals surface area contributed by atoms with Crippen LogP contribution in [0.4, 0.5) is 15.8 Å². The third-order valence-corrected chi connectivity index (χ3v) is 2.97. The van der Waals surface area contributed by atoms with Gasteiger partial charge in [-0.25, -0.2) is 4.39 Å². The molecule has 114 valence electrons. The molecule has 1 saturated heterocycles. The highest BCUT2D eigenvalue weighted by molar-refractivity contribution is 6.01. The van der Waals surface area contributed by atoms with Crippen LogP contribution in [0.3, 0.4) is 0 Å². The third kappa shape index (κ3) is 3.44. The Balaban J connectivity index is 2.11. The van der Waals surface area contributed by atoms with Gasteiger partial charge in [0.05, 0.1) is 30.8 Å². The molecule has 0 spiro atoms. The monoisotopic (exact) mass is 299 g/mol. The van der Waals surface area contributed by atoms with Crippen LogP contribution in [-0.4, -0.2) is 43.3 Å². The molecule has 0 saturated carbocycles. The molecular formula is C12H14FN3O5. The molecule has 0 radical (unpaired) electrons. The van der Waals surface area contributed by atoms with E-state index in [0.717, 1.165) is 12.1 Å². The third-order valence-electron chi connectivity index (χ3n) is 2.97. The van der Waals surface area contributed by atoms with E-state index in [4.69, 9.17) is 15.2 Å². The Kier molecular flexibility index (Phi) is 4.66. The van der Waals surface area contributed by atoms with Gasteiger partial charge in [0.15, 0.2) is 0 Å². The number of nitrogen functional groups attached to an aromatic ring is 1. The second-order valence-corrected chi connectivity index (χ2v) is 4.39. The predicted molar refractivity (Wildman–Crippen MR) is 70.4 cm³/mol. The summed E-state index contributed by atoms with van der Waals surface area (Å²) in [7, 11) is 0. The summed E-state index contributed by atoms with van der Waals surface area (Å²) in [5, 5.41) is 13.2. The van der Waals surface area contributed by atoms with Crippen molar-refractivity contribution in [2.24, 2.45) is 0 Å². The number of halogens is 1. The lowest BCUT2D eigenvalue weighted by atomic mass is 10.1. The Morgan fingerprint density at radius 3 is 2.90 bits per heavy atom.